The Hall–Kier alpha value is -2.20. The largest absolute Gasteiger partial charge is 0.264 e. The summed E-state index contributed by atoms with van der Waals surface area (Å²) in [5.74, 6) is 0.860. The third-order valence-electron chi connectivity index (χ3n) is 2.82. The molecule has 98 valence electrons. The number of nitrogens with zero attached hydrogens (tertiary/aromatic N) is 3. The molecule has 0 saturated carbocycles. The summed E-state index contributed by atoms with van der Waals surface area (Å²) < 4.78 is 0. The molecule has 0 aliphatic rings. The van der Waals surface area contributed by atoms with E-state index in [1.165, 1.54) is 5.56 Å². The minimum absolute atomic E-state index is 0.860. The maximum atomic E-state index is 4.33. The molecule has 0 radical (unpaired) electrons. The van der Waals surface area contributed by atoms with Gasteiger partial charge in [-0.2, -0.15) is 0 Å². The fourth-order valence-corrected chi connectivity index (χ4v) is 2.63. The topological polar surface area (TPSA) is 38.7 Å². The molecule has 2 heterocycles. The van der Waals surface area contributed by atoms with Gasteiger partial charge in [0.25, 0.3) is 0 Å². The zero-order valence-corrected chi connectivity index (χ0v) is 11.6. The molecule has 3 aromatic rings. The molecule has 0 atom stereocenters. The zero-order valence-electron chi connectivity index (χ0n) is 10.8. The van der Waals surface area contributed by atoms with Gasteiger partial charge in [-0.3, -0.25) is 4.98 Å². The molecule has 20 heavy (non-hydrogen) atoms. The van der Waals surface area contributed by atoms with Crippen molar-refractivity contribution in [1.29, 1.82) is 0 Å². The molecule has 0 aliphatic heterocycles. The number of hydrogen-bond donors (Lipinski definition) is 0. The first-order chi connectivity index (χ1) is 9.92. The molecule has 2 aromatic heterocycles. The van der Waals surface area contributed by atoms with E-state index >= 15 is 0 Å². The first-order valence-corrected chi connectivity index (χ1v) is 7.29. The van der Waals surface area contributed by atoms with E-state index in [-0.39, 0.29) is 0 Å². The Morgan fingerprint density at radius 3 is 2.65 bits per heavy atom. The van der Waals surface area contributed by atoms with Crippen LogP contribution in [-0.4, -0.2) is 15.0 Å². The highest BCUT2D eigenvalue weighted by Crippen LogP contribution is 2.24. The second-order valence-electron chi connectivity index (χ2n) is 4.26. The van der Waals surface area contributed by atoms with Gasteiger partial charge in [-0.05, 0) is 17.7 Å². The molecule has 0 amide bonds. The van der Waals surface area contributed by atoms with Crippen LogP contribution in [0.25, 0.3) is 11.3 Å². The average molecular weight is 279 g/mol. The number of benzene rings is 1. The number of thioether (sulfide) groups is 1. The van der Waals surface area contributed by atoms with E-state index < -0.39 is 0 Å². The third-order valence-corrected chi connectivity index (χ3v) is 3.82. The second kappa shape index (κ2) is 6.30. The number of rotatable bonds is 4. The van der Waals surface area contributed by atoms with Gasteiger partial charge in [0.15, 0.2) is 0 Å². The highest BCUT2D eigenvalue weighted by molar-refractivity contribution is 7.98. The molecule has 0 saturated heterocycles. The van der Waals surface area contributed by atoms with Gasteiger partial charge in [0, 0.05) is 23.7 Å². The van der Waals surface area contributed by atoms with Crippen LogP contribution >= 0.6 is 11.8 Å². The minimum atomic E-state index is 0.860. The highest BCUT2D eigenvalue weighted by atomic mass is 32.2. The predicted molar refractivity (Wildman–Crippen MR) is 81.3 cm³/mol. The van der Waals surface area contributed by atoms with Crippen molar-refractivity contribution in [3.05, 3.63) is 72.8 Å². The molecule has 1 aromatic carbocycles. The van der Waals surface area contributed by atoms with E-state index in [4.69, 9.17) is 0 Å². The summed E-state index contributed by atoms with van der Waals surface area (Å²) in [6, 6.07) is 16.2. The maximum absolute atomic E-state index is 4.33. The monoisotopic (exact) mass is 279 g/mol. The van der Waals surface area contributed by atoms with Crippen molar-refractivity contribution in [1.82, 2.24) is 15.0 Å². The van der Waals surface area contributed by atoms with Crippen LogP contribution in [0, 0.1) is 0 Å². The Kier molecular flexibility index (Phi) is 4.04. The normalized spacial score (nSPS) is 10.4. The average Bonchev–Trinajstić information content (AvgIpc) is 2.55. The quantitative estimate of drug-likeness (QED) is 0.537. The molecule has 3 nitrogen and oxygen atoms in total. The smallest absolute Gasteiger partial charge is 0.117 e. The van der Waals surface area contributed by atoms with Crippen LogP contribution in [0.15, 0.2) is 72.3 Å². The van der Waals surface area contributed by atoms with Crippen molar-refractivity contribution in [3.8, 4) is 11.3 Å². The standard InChI is InChI=1S/C16H13N3S/c1-2-6-14(7-3-1)15-9-16(19-12-18-15)20-11-13-5-4-8-17-10-13/h1-10,12H,11H2. The first-order valence-electron chi connectivity index (χ1n) is 6.31. The van der Waals surface area contributed by atoms with E-state index in [1.807, 2.05) is 36.5 Å². The molecule has 0 unspecified atom stereocenters. The summed E-state index contributed by atoms with van der Waals surface area (Å²) in [5.41, 5.74) is 3.25. The van der Waals surface area contributed by atoms with Crippen LogP contribution in [0.3, 0.4) is 0 Å². The van der Waals surface area contributed by atoms with Crippen LogP contribution in [0.5, 0.6) is 0 Å². The SMILES string of the molecule is c1ccc(-c2cc(SCc3cccnc3)ncn2)cc1. The van der Waals surface area contributed by atoms with E-state index in [9.17, 15) is 0 Å². The summed E-state index contributed by atoms with van der Waals surface area (Å²) in [4.78, 5) is 12.8. The van der Waals surface area contributed by atoms with E-state index in [0.29, 0.717) is 0 Å². The fraction of sp³-hybridized carbons (Fsp3) is 0.0625. The van der Waals surface area contributed by atoms with Crippen molar-refractivity contribution < 1.29 is 0 Å². The van der Waals surface area contributed by atoms with Crippen LogP contribution in [-0.2, 0) is 5.75 Å². The lowest BCUT2D eigenvalue weighted by Crippen LogP contribution is -1.88. The molecule has 0 spiro atoms. The summed E-state index contributed by atoms with van der Waals surface area (Å²) in [6.07, 6.45) is 5.28. The van der Waals surface area contributed by atoms with E-state index in [2.05, 4.69) is 33.2 Å². The molecule has 0 aliphatic carbocycles. The minimum Gasteiger partial charge on any atom is -0.264 e. The van der Waals surface area contributed by atoms with E-state index in [1.54, 1.807) is 24.3 Å². The molecule has 3 rings (SSSR count). The van der Waals surface area contributed by atoms with Crippen LogP contribution in [0.2, 0.25) is 0 Å². The van der Waals surface area contributed by atoms with Gasteiger partial charge < -0.3 is 0 Å². The Balaban J connectivity index is 1.75. The second-order valence-corrected chi connectivity index (χ2v) is 5.25. The van der Waals surface area contributed by atoms with Crippen LogP contribution in [0.4, 0.5) is 0 Å². The lowest BCUT2D eigenvalue weighted by Gasteiger charge is -2.04. The fourth-order valence-electron chi connectivity index (χ4n) is 1.83. The van der Waals surface area contributed by atoms with Crippen molar-refractivity contribution in [2.24, 2.45) is 0 Å². The number of hydrogen-bond acceptors (Lipinski definition) is 4. The zero-order chi connectivity index (χ0) is 13.6. The molecule has 0 fully saturated rings. The molecule has 4 heteroatoms. The lowest BCUT2D eigenvalue weighted by molar-refractivity contribution is 1.05. The van der Waals surface area contributed by atoms with Gasteiger partial charge in [0.1, 0.15) is 11.4 Å². The van der Waals surface area contributed by atoms with Crippen LogP contribution in [0.1, 0.15) is 5.56 Å². The molecular weight excluding hydrogens is 266 g/mol. The summed E-state index contributed by atoms with van der Waals surface area (Å²) in [6.45, 7) is 0. The Morgan fingerprint density at radius 1 is 0.950 bits per heavy atom. The van der Waals surface area contributed by atoms with Crippen LogP contribution < -0.4 is 0 Å². The Bertz CT molecular complexity index is 672. The number of pyridine rings is 1. The van der Waals surface area contributed by atoms with Gasteiger partial charge in [-0.1, -0.05) is 36.4 Å². The molecule has 0 N–H and O–H groups in total. The maximum Gasteiger partial charge on any atom is 0.117 e. The Morgan fingerprint density at radius 2 is 1.85 bits per heavy atom. The summed E-state index contributed by atoms with van der Waals surface area (Å²) in [7, 11) is 0. The lowest BCUT2D eigenvalue weighted by atomic mass is 10.1. The van der Waals surface area contributed by atoms with Crippen molar-refractivity contribution >= 4 is 11.8 Å². The van der Waals surface area contributed by atoms with Gasteiger partial charge >= 0.3 is 0 Å². The number of aromatic nitrogens is 3. The Labute approximate surface area is 122 Å². The van der Waals surface area contributed by atoms with Crippen molar-refractivity contribution in [2.45, 2.75) is 10.8 Å². The van der Waals surface area contributed by atoms with E-state index in [0.717, 1.165) is 22.0 Å². The summed E-state index contributed by atoms with van der Waals surface area (Å²) in [5, 5.41) is 0.975. The summed E-state index contributed by atoms with van der Waals surface area (Å²) >= 11 is 1.69. The van der Waals surface area contributed by atoms with Crippen molar-refractivity contribution in [2.75, 3.05) is 0 Å². The van der Waals surface area contributed by atoms with Gasteiger partial charge in [0.05, 0.1) is 5.69 Å². The third kappa shape index (κ3) is 3.22. The van der Waals surface area contributed by atoms with Gasteiger partial charge in [0.2, 0.25) is 0 Å². The van der Waals surface area contributed by atoms with Crippen molar-refractivity contribution in [3.63, 3.8) is 0 Å². The molecular formula is C16H13N3S. The molecule has 0 bridgehead atoms. The first kappa shape index (κ1) is 12.8. The van der Waals surface area contributed by atoms with Gasteiger partial charge in [-0.15, -0.1) is 11.8 Å². The predicted octanol–water partition coefficient (Wildman–Crippen LogP) is 3.83. The highest BCUT2D eigenvalue weighted by Gasteiger charge is 2.02. The van der Waals surface area contributed by atoms with Gasteiger partial charge in [-0.25, -0.2) is 9.97 Å².